The Labute approximate surface area is 315 Å². The standard InChI is InChI=1S/C47H30N8/c1-3-17-31(18-4-1)53-41-29-15-10-24-36(41)48-46(53)44-50-43(51-45(52-44)47-49-37-25-11-16-30-42(37)54(47)32-19-5-2-6-20-32)35-23-9-14-28-40(35)55-38-26-12-7-21-33(38)34-22-8-13-27-39(34)55/h1-30H. The molecule has 0 saturated carbocycles. The first-order valence-electron chi connectivity index (χ1n) is 18.2. The first-order valence-corrected chi connectivity index (χ1v) is 18.2. The molecule has 0 spiro atoms. The van der Waals surface area contributed by atoms with E-state index in [1.807, 2.05) is 78.9 Å². The third-order valence-electron chi connectivity index (χ3n) is 10.2. The minimum Gasteiger partial charge on any atom is -0.309 e. The van der Waals surface area contributed by atoms with Crippen molar-refractivity contribution in [2.75, 3.05) is 0 Å². The Hall–Kier alpha value is -7.71. The van der Waals surface area contributed by atoms with Crippen molar-refractivity contribution in [3.63, 3.8) is 0 Å². The van der Waals surface area contributed by atoms with E-state index in [2.05, 4.69) is 117 Å². The topological polar surface area (TPSA) is 79.2 Å². The minimum atomic E-state index is 0.434. The number of hydrogen-bond donors (Lipinski definition) is 0. The summed E-state index contributed by atoms with van der Waals surface area (Å²) in [6.45, 7) is 0. The molecule has 0 aliphatic carbocycles. The molecular formula is C47H30N8. The second kappa shape index (κ2) is 12.5. The molecule has 0 saturated heterocycles. The molecule has 11 rings (SSSR count). The maximum atomic E-state index is 5.31. The van der Waals surface area contributed by atoms with E-state index in [0.29, 0.717) is 29.1 Å². The number of fused-ring (bicyclic) bond motifs is 5. The van der Waals surface area contributed by atoms with Crippen molar-refractivity contribution in [2.24, 2.45) is 0 Å². The van der Waals surface area contributed by atoms with Crippen LogP contribution in [0.2, 0.25) is 0 Å². The van der Waals surface area contributed by atoms with Crippen molar-refractivity contribution >= 4 is 43.9 Å². The molecule has 0 fully saturated rings. The van der Waals surface area contributed by atoms with Crippen molar-refractivity contribution < 1.29 is 0 Å². The van der Waals surface area contributed by atoms with Crippen LogP contribution in [0.25, 0.3) is 95.6 Å². The highest BCUT2D eigenvalue weighted by Crippen LogP contribution is 2.37. The zero-order valence-corrected chi connectivity index (χ0v) is 29.4. The van der Waals surface area contributed by atoms with E-state index in [0.717, 1.165) is 55.7 Å². The van der Waals surface area contributed by atoms with Crippen LogP contribution in [-0.2, 0) is 0 Å². The van der Waals surface area contributed by atoms with Gasteiger partial charge in [-0.2, -0.15) is 0 Å². The lowest BCUT2D eigenvalue weighted by Gasteiger charge is -2.15. The first-order chi connectivity index (χ1) is 27.3. The fraction of sp³-hybridized carbons (Fsp3) is 0. The largest absolute Gasteiger partial charge is 0.309 e. The maximum absolute atomic E-state index is 5.31. The average molecular weight is 707 g/mol. The van der Waals surface area contributed by atoms with E-state index in [1.165, 1.54) is 10.8 Å². The highest BCUT2D eigenvalue weighted by Gasteiger charge is 2.25. The lowest BCUT2D eigenvalue weighted by molar-refractivity contribution is 0.979. The van der Waals surface area contributed by atoms with Gasteiger partial charge in [0.25, 0.3) is 0 Å². The second-order valence-corrected chi connectivity index (χ2v) is 13.4. The summed E-state index contributed by atoms with van der Waals surface area (Å²) >= 11 is 0. The molecule has 0 unspecified atom stereocenters. The lowest BCUT2D eigenvalue weighted by atomic mass is 10.1. The van der Waals surface area contributed by atoms with E-state index in [4.69, 9.17) is 24.9 Å². The maximum Gasteiger partial charge on any atom is 0.200 e. The van der Waals surface area contributed by atoms with Gasteiger partial charge in [0.2, 0.25) is 11.6 Å². The Morgan fingerprint density at radius 3 is 1.22 bits per heavy atom. The third-order valence-corrected chi connectivity index (χ3v) is 10.2. The van der Waals surface area contributed by atoms with Gasteiger partial charge in [0.15, 0.2) is 17.5 Å². The molecule has 0 bridgehead atoms. The van der Waals surface area contributed by atoms with Crippen LogP contribution in [0.5, 0.6) is 0 Å². The van der Waals surface area contributed by atoms with Gasteiger partial charge in [-0.1, -0.05) is 109 Å². The van der Waals surface area contributed by atoms with Gasteiger partial charge < -0.3 is 4.57 Å². The summed E-state index contributed by atoms with van der Waals surface area (Å²) in [6, 6.07) is 62.1. The van der Waals surface area contributed by atoms with Gasteiger partial charge >= 0.3 is 0 Å². The predicted octanol–water partition coefficient (Wildman–Crippen LogP) is 10.6. The fourth-order valence-electron chi connectivity index (χ4n) is 7.76. The highest BCUT2D eigenvalue weighted by atomic mass is 15.2. The van der Waals surface area contributed by atoms with Crippen LogP contribution in [0, 0.1) is 0 Å². The minimum absolute atomic E-state index is 0.434. The number of imidazole rings is 2. The van der Waals surface area contributed by atoms with Crippen LogP contribution in [0.15, 0.2) is 182 Å². The molecule has 0 radical (unpaired) electrons. The van der Waals surface area contributed by atoms with Crippen LogP contribution in [0.1, 0.15) is 0 Å². The normalized spacial score (nSPS) is 11.6. The van der Waals surface area contributed by atoms with Crippen molar-refractivity contribution in [2.45, 2.75) is 0 Å². The summed E-state index contributed by atoms with van der Waals surface area (Å²) in [5, 5.41) is 2.36. The van der Waals surface area contributed by atoms with Gasteiger partial charge in [-0.15, -0.1) is 0 Å². The zero-order chi connectivity index (χ0) is 36.3. The predicted molar refractivity (Wildman–Crippen MR) is 220 cm³/mol. The molecule has 0 aliphatic heterocycles. The van der Waals surface area contributed by atoms with Crippen molar-refractivity contribution in [3.05, 3.63) is 182 Å². The average Bonchev–Trinajstić information content (AvgIpc) is 3.95. The number of benzene rings is 7. The van der Waals surface area contributed by atoms with Crippen molar-refractivity contribution in [1.82, 2.24) is 38.6 Å². The van der Waals surface area contributed by atoms with E-state index in [1.54, 1.807) is 0 Å². The number of para-hydroxylation sites is 9. The Kier molecular flexibility index (Phi) is 6.99. The lowest BCUT2D eigenvalue weighted by Crippen LogP contribution is -2.08. The summed E-state index contributed by atoms with van der Waals surface area (Å²) in [6.07, 6.45) is 0. The monoisotopic (exact) mass is 706 g/mol. The van der Waals surface area contributed by atoms with E-state index in [9.17, 15) is 0 Å². The number of nitrogens with zero attached hydrogens (tertiary/aromatic N) is 8. The van der Waals surface area contributed by atoms with E-state index >= 15 is 0 Å². The number of rotatable bonds is 6. The van der Waals surface area contributed by atoms with Crippen molar-refractivity contribution in [3.8, 4) is 51.7 Å². The molecule has 8 heteroatoms. The second-order valence-electron chi connectivity index (χ2n) is 13.4. The molecule has 258 valence electrons. The van der Waals surface area contributed by atoms with Crippen molar-refractivity contribution in [1.29, 1.82) is 0 Å². The highest BCUT2D eigenvalue weighted by molar-refractivity contribution is 6.09. The van der Waals surface area contributed by atoms with E-state index < -0.39 is 0 Å². The Balaban J connectivity index is 1.24. The summed E-state index contributed by atoms with van der Waals surface area (Å²) in [5.74, 6) is 2.59. The summed E-state index contributed by atoms with van der Waals surface area (Å²) in [7, 11) is 0. The zero-order valence-electron chi connectivity index (χ0n) is 29.4. The van der Waals surface area contributed by atoms with Crippen LogP contribution >= 0.6 is 0 Å². The molecule has 0 atom stereocenters. The van der Waals surface area contributed by atoms with Gasteiger partial charge in [0.05, 0.1) is 38.8 Å². The van der Waals surface area contributed by atoms with Gasteiger partial charge in [0.1, 0.15) is 0 Å². The molecule has 55 heavy (non-hydrogen) atoms. The molecule has 0 N–H and O–H groups in total. The third kappa shape index (κ3) is 4.96. The van der Waals surface area contributed by atoms with Gasteiger partial charge in [-0.3, -0.25) is 9.13 Å². The van der Waals surface area contributed by atoms with Gasteiger partial charge in [-0.25, -0.2) is 24.9 Å². The number of aromatic nitrogens is 8. The van der Waals surface area contributed by atoms with Crippen LogP contribution < -0.4 is 0 Å². The first kappa shape index (κ1) is 30.9. The SMILES string of the molecule is c1ccc(-n2c(-c3nc(-c4ccccc4-n4c5ccccc5c5ccccc54)nc(-c4nc5ccccc5n4-c4ccccc4)n3)nc3ccccc32)cc1. The fourth-order valence-corrected chi connectivity index (χ4v) is 7.76. The quantitative estimate of drug-likeness (QED) is 0.172. The Morgan fingerprint density at radius 1 is 0.291 bits per heavy atom. The van der Waals surface area contributed by atoms with Crippen LogP contribution in [-0.4, -0.2) is 38.6 Å². The van der Waals surface area contributed by atoms with E-state index in [-0.39, 0.29) is 0 Å². The smallest absolute Gasteiger partial charge is 0.200 e. The van der Waals surface area contributed by atoms with Crippen LogP contribution in [0.4, 0.5) is 0 Å². The summed E-state index contributed by atoms with van der Waals surface area (Å²) < 4.78 is 6.55. The van der Waals surface area contributed by atoms with Crippen LogP contribution in [0.3, 0.4) is 0 Å². The molecule has 0 amide bonds. The summed E-state index contributed by atoms with van der Waals surface area (Å²) in [5.41, 5.74) is 9.50. The Bertz CT molecular complexity index is 3020. The molecule has 8 nitrogen and oxygen atoms in total. The molecule has 11 aromatic rings. The molecule has 7 aromatic carbocycles. The molecular weight excluding hydrogens is 677 g/mol. The number of hydrogen-bond acceptors (Lipinski definition) is 5. The summed E-state index contributed by atoms with van der Waals surface area (Å²) in [4.78, 5) is 26.3. The van der Waals surface area contributed by atoms with Gasteiger partial charge in [0, 0.05) is 27.7 Å². The molecule has 4 heterocycles. The van der Waals surface area contributed by atoms with Gasteiger partial charge in [-0.05, 0) is 72.8 Å². The Morgan fingerprint density at radius 2 is 0.691 bits per heavy atom. The molecule has 4 aromatic heterocycles. The molecule has 0 aliphatic rings.